The van der Waals surface area contributed by atoms with Crippen LogP contribution < -0.4 is 0 Å². The highest BCUT2D eigenvalue weighted by atomic mass is 16.5. The largest absolute Gasteiger partial charge is 0.395 e. The Labute approximate surface area is 89.3 Å². The summed E-state index contributed by atoms with van der Waals surface area (Å²) in [6, 6.07) is 1.92. The van der Waals surface area contributed by atoms with Gasteiger partial charge in [-0.3, -0.25) is 0 Å². The van der Waals surface area contributed by atoms with Crippen molar-refractivity contribution in [2.45, 2.75) is 25.2 Å². The minimum atomic E-state index is -0.356. The lowest BCUT2D eigenvalue weighted by molar-refractivity contribution is -0.0885. The molecule has 1 aliphatic heterocycles. The number of ether oxygens (including phenoxy) is 1. The first-order valence-electron chi connectivity index (χ1n) is 5.20. The highest BCUT2D eigenvalue weighted by molar-refractivity contribution is 5.16. The zero-order valence-electron chi connectivity index (χ0n) is 9.10. The van der Waals surface area contributed by atoms with Crippen molar-refractivity contribution in [2.75, 3.05) is 19.8 Å². The number of rotatable bonds is 3. The van der Waals surface area contributed by atoms with Crippen LogP contribution in [-0.2, 0) is 10.2 Å². The average molecular weight is 208 g/mol. The van der Waals surface area contributed by atoms with Crippen molar-refractivity contribution in [3.63, 3.8) is 0 Å². The van der Waals surface area contributed by atoms with E-state index in [4.69, 9.17) is 4.74 Å². The fourth-order valence-corrected chi connectivity index (χ4v) is 1.59. The third-order valence-corrected chi connectivity index (χ3v) is 2.80. The normalized spacial score (nSPS) is 18.9. The third-order valence-electron chi connectivity index (χ3n) is 2.80. The maximum absolute atomic E-state index is 9.36. The van der Waals surface area contributed by atoms with Crippen LogP contribution in [0.5, 0.6) is 0 Å². The SMILES string of the molecule is CC(C)c1ccnc(C2(CO)COC2)n1. The summed E-state index contributed by atoms with van der Waals surface area (Å²) >= 11 is 0. The van der Waals surface area contributed by atoms with Gasteiger partial charge in [0.15, 0.2) is 0 Å². The van der Waals surface area contributed by atoms with Crippen molar-refractivity contribution >= 4 is 0 Å². The van der Waals surface area contributed by atoms with Crippen molar-refractivity contribution < 1.29 is 9.84 Å². The van der Waals surface area contributed by atoms with E-state index in [1.54, 1.807) is 6.20 Å². The molecule has 0 aromatic carbocycles. The summed E-state index contributed by atoms with van der Waals surface area (Å²) < 4.78 is 5.14. The molecule has 2 heterocycles. The maximum Gasteiger partial charge on any atom is 0.141 e. The van der Waals surface area contributed by atoms with Crippen LogP contribution in [-0.4, -0.2) is 34.9 Å². The molecule has 0 saturated carbocycles. The van der Waals surface area contributed by atoms with Crippen molar-refractivity contribution in [3.8, 4) is 0 Å². The maximum atomic E-state index is 9.36. The quantitative estimate of drug-likeness (QED) is 0.800. The van der Waals surface area contributed by atoms with Gasteiger partial charge in [0, 0.05) is 11.9 Å². The number of aromatic nitrogens is 2. The van der Waals surface area contributed by atoms with Crippen LogP contribution >= 0.6 is 0 Å². The smallest absolute Gasteiger partial charge is 0.141 e. The molecule has 0 bridgehead atoms. The molecule has 0 unspecified atom stereocenters. The number of nitrogens with zero attached hydrogens (tertiary/aromatic N) is 2. The number of aliphatic hydroxyl groups is 1. The van der Waals surface area contributed by atoms with E-state index in [9.17, 15) is 5.11 Å². The first kappa shape index (κ1) is 10.5. The summed E-state index contributed by atoms with van der Waals surface area (Å²) in [5, 5.41) is 9.36. The zero-order chi connectivity index (χ0) is 10.9. The Morgan fingerprint density at radius 2 is 2.27 bits per heavy atom. The molecule has 0 atom stereocenters. The molecule has 0 radical (unpaired) electrons. The van der Waals surface area contributed by atoms with Gasteiger partial charge in [-0.1, -0.05) is 13.8 Å². The van der Waals surface area contributed by atoms with Gasteiger partial charge >= 0.3 is 0 Å². The molecule has 0 amide bonds. The Morgan fingerprint density at radius 3 is 2.73 bits per heavy atom. The van der Waals surface area contributed by atoms with Crippen LogP contribution in [0.15, 0.2) is 12.3 Å². The standard InChI is InChI=1S/C11H16N2O2/c1-8(2)9-3-4-12-10(13-9)11(5-14)6-15-7-11/h3-4,8,14H,5-7H2,1-2H3. The van der Waals surface area contributed by atoms with Gasteiger partial charge in [-0.25, -0.2) is 9.97 Å². The predicted molar refractivity (Wildman–Crippen MR) is 55.7 cm³/mol. The fourth-order valence-electron chi connectivity index (χ4n) is 1.59. The van der Waals surface area contributed by atoms with Gasteiger partial charge in [0.05, 0.1) is 25.2 Å². The Bertz CT molecular complexity index is 343. The van der Waals surface area contributed by atoms with Crippen molar-refractivity contribution in [1.82, 2.24) is 9.97 Å². The minimum Gasteiger partial charge on any atom is -0.395 e. The van der Waals surface area contributed by atoms with E-state index in [0.717, 1.165) is 5.69 Å². The van der Waals surface area contributed by atoms with Gasteiger partial charge in [-0.05, 0) is 12.0 Å². The second-order valence-electron chi connectivity index (χ2n) is 4.39. The first-order valence-corrected chi connectivity index (χ1v) is 5.20. The molecule has 1 saturated heterocycles. The predicted octanol–water partition coefficient (Wildman–Crippen LogP) is 0.860. The molecular formula is C11H16N2O2. The second-order valence-corrected chi connectivity index (χ2v) is 4.39. The lowest BCUT2D eigenvalue weighted by Crippen LogP contribution is -2.51. The van der Waals surface area contributed by atoms with Crippen LogP contribution in [0.25, 0.3) is 0 Å². The van der Waals surface area contributed by atoms with Crippen LogP contribution in [0.3, 0.4) is 0 Å². The molecule has 4 heteroatoms. The Hall–Kier alpha value is -1.00. The number of hydrogen-bond acceptors (Lipinski definition) is 4. The summed E-state index contributed by atoms with van der Waals surface area (Å²) in [6.45, 7) is 5.27. The molecule has 2 rings (SSSR count). The van der Waals surface area contributed by atoms with E-state index in [0.29, 0.717) is 25.0 Å². The summed E-state index contributed by atoms with van der Waals surface area (Å²) in [5.74, 6) is 1.09. The Balaban J connectivity index is 2.31. The fraction of sp³-hybridized carbons (Fsp3) is 0.636. The molecule has 4 nitrogen and oxygen atoms in total. The highest BCUT2D eigenvalue weighted by Crippen LogP contribution is 2.29. The molecule has 15 heavy (non-hydrogen) atoms. The minimum absolute atomic E-state index is 0.0501. The summed E-state index contributed by atoms with van der Waals surface area (Å²) in [7, 11) is 0. The van der Waals surface area contributed by atoms with E-state index in [-0.39, 0.29) is 12.0 Å². The van der Waals surface area contributed by atoms with Crippen LogP contribution in [0.2, 0.25) is 0 Å². The van der Waals surface area contributed by atoms with Gasteiger partial charge in [-0.15, -0.1) is 0 Å². The molecule has 1 aromatic rings. The molecule has 0 spiro atoms. The molecule has 1 aromatic heterocycles. The summed E-state index contributed by atoms with van der Waals surface area (Å²) in [6.07, 6.45) is 1.76. The van der Waals surface area contributed by atoms with Gasteiger partial charge in [0.25, 0.3) is 0 Å². The van der Waals surface area contributed by atoms with E-state index < -0.39 is 0 Å². The molecular weight excluding hydrogens is 192 g/mol. The van der Waals surface area contributed by atoms with Crippen molar-refractivity contribution in [1.29, 1.82) is 0 Å². The topological polar surface area (TPSA) is 55.2 Å². The first-order chi connectivity index (χ1) is 7.18. The molecule has 1 fully saturated rings. The summed E-state index contributed by atoms with van der Waals surface area (Å²) in [4.78, 5) is 8.72. The molecule has 0 aliphatic carbocycles. The zero-order valence-corrected chi connectivity index (χ0v) is 9.10. The molecule has 82 valence electrons. The van der Waals surface area contributed by atoms with Gasteiger partial charge < -0.3 is 9.84 Å². The van der Waals surface area contributed by atoms with Crippen LogP contribution in [0, 0.1) is 0 Å². The highest BCUT2D eigenvalue weighted by Gasteiger charge is 2.42. The van der Waals surface area contributed by atoms with E-state index in [1.165, 1.54) is 0 Å². The molecule has 1 aliphatic rings. The van der Waals surface area contributed by atoms with Crippen molar-refractivity contribution in [3.05, 3.63) is 23.8 Å². The third kappa shape index (κ3) is 1.75. The number of aliphatic hydroxyl groups excluding tert-OH is 1. The Morgan fingerprint density at radius 1 is 1.53 bits per heavy atom. The van der Waals surface area contributed by atoms with Gasteiger partial charge in [-0.2, -0.15) is 0 Å². The van der Waals surface area contributed by atoms with E-state index >= 15 is 0 Å². The number of hydrogen-bond donors (Lipinski definition) is 1. The Kier molecular flexibility index (Phi) is 2.71. The average Bonchev–Trinajstić information content (AvgIpc) is 2.17. The monoisotopic (exact) mass is 208 g/mol. The van der Waals surface area contributed by atoms with E-state index in [2.05, 4.69) is 23.8 Å². The van der Waals surface area contributed by atoms with Gasteiger partial charge in [0.2, 0.25) is 0 Å². The lowest BCUT2D eigenvalue weighted by Gasteiger charge is -2.38. The van der Waals surface area contributed by atoms with Crippen LogP contribution in [0.1, 0.15) is 31.3 Å². The van der Waals surface area contributed by atoms with Crippen LogP contribution in [0.4, 0.5) is 0 Å². The van der Waals surface area contributed by atoms with Crippen molar-refractivity contribution in [2.24, 2.45) is 0 Å². The van der Waals surface area contributed by atoms with E-state index in [1.807, 2.05) is 6.07 Å². The lowest BCUT2D eigenvalue weighted by atomic mass is 9.86. The molecule has 1 N–H and O–H groups in total. The second kappa shape index (κ2) is 3.87. The summed E-state index contributed by atoms with van der Waals surface area (Å²) in [5.41, 5.74) is 0.657. The van der Waals surface area contributed by atoms with Gasteiger partial charge in [0.1, 0.15) is 5.82 Å².